The summed E-state index contributed by atoms with van der Waals surface area (Å²) in [7, 11) is 0. The van der Waals surface area contributed by atoms with Crippen LogP contribution in [0.25, 0.3) is 22.2 Å². The Hall–Kier alpha value is -2.82. The Bertz CT molecular complexity index is 859. The summed E-state index contributed by atoms with van der Waals surface area (Å²) in [6, 6.07) is 13.9. The molecule has 112 valence electrons. The largest absolute Gasteiger partial charge is 0.503 e. The number of H-pyrrole nitrogens is 1. The van der Waals surface area contributed by atoms with Crippen LogP contribution in [-0.2, 0) is 0 Å². The van der Waals surface area contributed by atoms with E-state index in [9.17, 15) is 14.3 Å². The maximum absolute atomic E-state index is 12.3. The number of nitrogens with one attached hydrogen (secondary N) is 1. The third-order valence-corrected chi connectivity index (χ3v) is 3.36. The molecule has 0 atom stereocenters. The predicted molar refractivity (Wildman–Crippen MR) is 83.1 cm³/mol. The number of aromatic nitrogens is 1. The second-order valence-corrected chi connectivity index (χ2v) is 4.79. The van der Waals surface area contributed by atoms with Crippen molar-refractivity contribution in [3.05, 3.63) is 58.8 Å². The van der Waals surface area contributed by atoms with Crippen LogP contribution >= 0.6 is 0 Å². The minimum Gasteiger partial charge on any atom is -0.503 e. The van der Waals surface area contributed by atoms with Gasteiger partial charge in [0.15, 0.2) is 5.75 Å². The third-order valence-electron chi connectivity index (χ3n) is 3.36. The highest BCUT2D eigenvalue weighted by Crippen LogP contribution is 2.27. The maximum Gasteiger partial charge on any atom is 0.231 e. The van der Waals surface area contributed by atoms with Gasteiger partial charge in [-0.05, 0) is 18.2 Å². The number of alkyl halides is 1. The molecule has 2 aromatic carbocycles. The second kappa shape index (κ2) is 5.89. The number of ether oxygens (including phenoxy) is 1. The standard InChI is InChI=1S/C17H14FNO3/c18-8-9-22-12-6-7-14-13(10-12)16(20)17(21)15(19-14)11-4-2-1-3-5-11/h1-7,10,21H,8-9H2,(H,19,20). The van der Waals surface area contributed by atoms with E-state index in [0.29, 0.717) is 22.3 Å². The van der Waals surface area contributed by atoms with E-state index < -0.39 is 12.1 Å². The van der Waals surface area contributed by atoms with Crippen molar-refractivity contribution in [3.8, 4) is 22.8 Å². The molecule has 0 aliphatic carbocycles. The summed E-state index contributed by atoms with van der Waals surface area (Å²) in [5.74, 6) is 0.0452. The molecule has 5 heteroatoms. The molecule has 0 amide bonds. The van der Waals surface area contributed by atoms with Gasteiger partial charge in [-0.25, -0.2) is 4.39 Å². The minimum atomic E-state index is -0.605. The van der Waals surface area contributed by atoms with Crippen molar-refractivity contribution in [2.75, 3.05) is 13.3 Å². The van der Waals surface area contributed by atoms with Crippen LogP contribution in [0.5, 0.6) is 11.5 Å². The molecule has 4 nitrogen and oxygen atoms in total. The highest BCUT2D eigenvalue weighted by molar-refractivity contribution is 5.85. The fourth-order valence-electron chi connectivity index (χ4n) is 2.32. The fourth-order valence-corrected chi connectivity index (χ4v) is 2.32. The first-order chi connectivity index (χ1) is 10.7. The number of hydrogen-bond acceptors (Lipinski definition) is 3. The number of aromatic amines is 1. The summed E-state index contributed by atoms with van der Waals surface area (Å²) in [6.45, 7) is -0.677. The molecule has 0 saturated carbocycles. The van der Waals surface area contributed by atoms with Crippen LogP contribution in [0, 0.1) is 0 Å². The zero-order valence-corrected chi connectivity index (χ0v) is 11.7. The van der Waals surface area contributed by atoms with Crippen LogP contribution in [0.2, 0.25) is 0 Å². The zero-order valence-electron chi connectivity index (χ0n) is 11.7. The lowest BCUT2D eigenvalue weighted by Crippen LogP contribution is -2.06. The second-order valence-electron chi connectivity index (χ2n) is 4.79. The van der Waals surface area contributed by atoms with Crippen molar-refractivity contribution in [1.29, 1.82) is 0 Å². The number of hydrogen-bond donors (Lipinski definition) is 2. The molecule has 2 N–H and O–H groups in total. The van der Waals surface area contributed by atoms with E-state index in [-0.39, 0.29) is 12.4 Å². The monoisotopic (exact) mass is 299 g/mol. The fraction of sp³-hybridized carbons (Fsp3) is 0.118. The quantitative estimate of drug-likeness (QED) is 0.777. The zero-order chi connectivity index (χ0) is 15.5. The molecule has 0 aliphatic rings. The minimum absolute atomic E-state index is 0.0719. The molecule has 0 bridgehead atoms. The normalized spacial score (nSPS) is 10.8. The lowest BCUT2D eigenvalue weighted by molar-refractivity contribution is 0.273. The summed E-state index contributed by atoms with van der Waals surface area (Å²) in [6.07, 6.45) is 0. The van der Waals surface area contributed by atoms with Crippen molar-refractivity contribution in [2.45, 2.75) is 0 Å². The Kier molecular flexibility index (Phi) is 3.78. The van der Waals surface area contributed by atoms with E-state index in [1.54, 1.807) is 24.3 Å². The summed E-state index contributed by atoms with van der Waals surface area (Å²) >= 11 is 0. The predicted octanol–water partition coefficient (Wildman–Crippen LogP) is 3.25. The molecule has 1 aromatic heterocycles. The first-order valence-corrected chi connectivity index (χ1v) is 6.84. The van der Waals surface area contributed by atoms with Gasteiger partial charge in [-0.2, -0.15) is 0 Å². The van der Waals surface area contributed by atoms with Gasteiger partial charge in [0.1, 0.15) is 19.0 Å². The van der Waals surface area contributed by atoms with E-state index in [2.05, 4.69) is 4.98 Å². The summed E-state index contributed by atoms with van der Waals surface area (Å²) < 4.78 is 17.3. The number of pyridine rings is 1. The Morgan fingerprint density at radius 2 is 1.91 bits per heavy atom. The van der Waals surface area contributed by atoms with Crippen LogP contribution in [0.1, 0.15) is 0 Å². The van der Waals surface area contributed by atoms with Crippen LogP contribution < -0.4 is 10.2 Å². The summed E-state index contributed by atoms with van der Waals surface area (Å²) in [5.41, 5.74) is 1.18. The SMILES string of the molecule is O=c1c(O)c(-c2ccccc2)[nH]c2ccc(OCCF)cc12. The average Bonchev–Trinajstić information content (AvgIpc) is 2.57. The molecule has 3 rings (SSSR count). The lowest BCUT2D eigenvalue weighted by atomic mass is 10.1. The van der Waals surface area contributed by atoms with Gasteiger partial charge in [0.2, 0.25) is 5.43 Å². The average molecular weight is 299 g/mol. The maximum atomic E-state index is 12.3. The first kappa shape index (κ1) is 14.1. The topological polar surface area (TPSA) is 62.3 Å². The molecule has 0 radical (unpaired) electrons. The van der Waals surface area contributed by atoms with Crippen LogP contribution in [0.3, 0.4) is 0 Å². The molecule has 0 unspecified atom stereocenters. The van der Waals surface area contributed by atoms with E-state index in [0.717, 1.165) is 5.56 Å². The van der Waals surface area contributed by atoms with E-state index in [4.69, 9.17) is 4.74 Å². The lowest BCUT2D eigenvalue weighted by Gasteiger charge is -2.09. The molecule has 0 saturated heterocycles. The Labute approximate surface area is 125 Å². The van der Waals surface area contributed by atoms with E-state index >= 15 is 0 Å². The van der Waals surface area contributed by atoms with Crippen LogP contribution in [-0.4, -0.2) is 23.4 Å². The van der Waals surface area contributed by atoms with Gasteiger partial charge in [-0.3, -0.25) is 4.79 Å². The molecule has 1 heterocycles. The van der Waals surface area contributed by atoms with Crippen molar-refractivity contribution in [2.24, 2.45) is 0 Å². The molecule has 0 spiro atoms. The van der Waals surface area contributed by atoms with Gasteiger partial charge < -0.3 is 14.8 Å². The molecule has 22 heavy (non-hydrogen) atoms. The Morgan fingerprint density at radius 1 is 1.14 bits per heavy atom. The summed E-state index contributed by atoms with van der Waals surface area (Å²) in [5, 5.41) is 10.5. The van der Waals surface area contributed by atoms with Gasteiger partial charge >= 0.3 is 0 Å². The molecule has 0 fully saturated rings. The van der Waals surface area contributed by atoms with Crippen LogP contribution in [0.15, 0.2) is 53.3 Å². The van der Waals surface area contributed by atoms with Crippen molar-refractivity contribution < 1.29 is 14.2 Å². The smallest absolute Gasteiger partial charge is 0.231 e. The Morgan fingerprint density at radius 3 is 2.64 bits per heavy atom. The van der Waals surface area contributed by atoms with Crippen molar-refractivity contribution >= 4 is 10.9 Å². The van der Waals surface area contributed by atoms with Gasteiger partial charge in [0, 0.05) is 5.56 Å². The number of benzene rings is 2. The molecular weight excluding hydrogens is 285 g/mol. The number of rotatable bonds is 4. The highest BCUT2D eigenvalue weighted by atomic mass is 19.1. The van der Waals surface area contributed by atoms with Crippen molar-refractivity contribution in [1.82, 2.24) is 4.98 Å². The Balaban J connectivity index is 2.16. The highest BCUT2D eigenvalue weighted by Gasteiger charge is 2.13. The number of halogens is 1. The van der Waals surface area contributed by atoms with Gasteiger partial charge in [0.05, 0.1) is 16.6 Å². The summed E-state index contributed by atoms with van der Waals surface area (Å²) in [4.78, 5) is 15.4. The van der Waals surface area contributed by atoms with E-state index in [1.807, 2.05) is 18.2 Å². The van der Waals surface area contributed by atoms with Gasteiger partial charge in [-0.1, -0.05) is 30.3 Å². The molecular formula is C17H14FNO3. The van der Waals surface area contributed by atoms with Crippen LogP contribution in [0.4, 0.5) is 4.39 Å². The third kappa shape index (κ3) is 2.53. The number of aromatic hydroxyl groups is 1. The van der Waals surface area contributed by atoms with Crippen molar-refractivity contribution in [3.63, 3.8) is 0 Å². The van der Waals surface area contributed by atoms with Gasteiger partial charge in [0.25, 0.3) is 0 Å². The number of fused-ring (bicyclic) bond motifs is 1. The molecule has 3 aromatic rings. The first-order valence-electron chi connectivity index (χ1n) is 6.84. The van der Waals surface area contributed by atoms with Gasteiger partial charge in [-0.15, -0.1) is 0 Å². The molecule has 0 aliphatic heterocycles. The van der Waals surface area contributed by atoms with E-state index in [1.165, 1.54) is 6.07 Å².